The SMILES string of the molecule is C/C=C/CCCC(=O)OCc1ccccc1.C=CC(OCc1ccccc1)C(F)(F)CCCC.CC1CCC(=O)C1. The van der Waals surface area contributed by atoms with Crippen molar-refractivity contribution in [2.45, 2.75) is 104 Å². The number of carbonyl (C=O) groups excluding carboxylic acids is 2. The van der Waals surface area contributed by atoms with E-state index in [4.69, 9.17) is 9.47 Å². The zero-order valence-electron chi connectivity index (χ0n) is 25.0. The van der Waals surface area contributed by atoms with Crippen LogP contribution in [0.3, 0.4) is 0 Å². The highest BCUT2D eigenvalue weighted by Gasteiger charge is 2.37. The lowest BCUT2D eigenvalue weighted by Crippen LogP contribution is -2.34. The minimum Gasteiger partial charge on any atom is -0.461 e. The van der Waals surface area contributed by atoms with E-state index >= 15 is 0 Å². The van der Waals surface area contributed by atoms with Gasteiger partial charge in [-0.15, -0.1) is 6.58 Å². The fourth-order valence-electron chi connectivity index (χ4n) is 4.02. The van der Waals surface area contributed by atoms with Crippen LogP contribution in [0.2, 0.25) is 0 Å². The molecule has 0 amide bonds. The van der Waals surface area contributed by atoms with E-state index in [0.717, 1.165) is 49.7 Å². The Morgan fingerprint density at radius 3 is 2.12 bits per heavy atom. The second-order valence-electron chi connectivity index (χ2n) is 10.3. The molecule has 6 heteroatoms. The van der Waals surface area contributed by atoms with Gasteiger partial charge in [0.25, 0.3) is 5.92 Å². The zero-order valence-corrected chi connectivity index (χ0v) is 25.0. The van der Waals surface area contributed by atoms with Gasteiger partial charge in [-0.1, -0.05) is 99.2 Å². The van der Waals surface area contributed by atoms with Crippen LogP contribution >= 0.6 is 0 Å². The third-order valence-electron chi connectivity index (χ3n) is 6.49. The number of ketones is 1. The maximum Gasteiger partial charge on any atom is 0.306 e. The Hall–Kier alpha value is -3.12. The van der Waals surface area contributed by atoms with Gasteiger partial charge in [0.1, 0.15) is 18.5 Å². The summed E-state index contributed by atoms with van der Waals surface area (Å²) < 4.78 is 38.0. The molecule has 2 aromatic carbocycles. The Labute approximate surface area is 245 Å². The Balaban J connectivity index is 0.000000334. The van der Waals surface area contributed by atoms with E-state index in [-0.39, 0.29) is 19.0 Å². The van der Waals surface area contributed by atoms with Crippen molar-refractivity contribution in [1.82, 2.24) is 0 Å². The number of benzene rings is 2. The molecule has 0 aromatic heterocycles. The number of Topliss-reactive ketones (excluding diaryl/α,β-unsaturated/α-hetero) is 1. The molecule has 0 saturated heterocycles. The second kappa shape index (κ2) is 21.6. The lowest BCUT2D eigenvalue weighted by Gasteiger charge is -2.24. The average molecular weight is 571 g/mol. The quantitative estimate of drug-likeness (QED) is 0.129. The van der Waals surface area contributed by atoms with Crippen LogP contribution in [0.4, 0.5) is 8.78 Å². The van der Waals surface area contributed by atoms with E-state index in [0.29, 0.717) is 31.1 Å². The number of hydrogen-bond donors (Lipinski definition) is 0. The highest BCUT2D eigenvalue weighted by atomic mass is 19.3. The number of rotatable bonds is 14. The van der Waals surface area contributed by atoms with E-state index in [1.54, 1.807) is 0 Å². The lowest BCUT2D eigenvalue weighted by atomic mass is 10.1. The predicted molar refractivity (Wildman–Crippen MR) is 163 cm³/mol. The minimum absolute atomic E-state index is 0.117. The van der Waals surface area contributed by atoms with Gasteiger partial charge >= 0.3 is 5.97 Å². The molecule has 0 spiro atoms. The smallest absolute Gasteiger partial charge is 0.306 e. The van der Waals surface area contributed by atoms with E-state index < -0.39 is 12.0 Å². The highest BCUT2D eigenvalue weighted by molar-refractivity contribution is 5.80. The molecule has 4 nitrogen and oxygen atoms in total. The Morgan fingerprint density at radius 2 is 1.66 bits per heavy atom. The van der Waals surface area contributed by atoms with E-state index in [9.17, 15) is 18.4 Å². The number of allylic oxidation sites excluding steroid dienone is 2. The van der Waals surface area contributed by atoms with Gasteiger partial charge in [0.15, 0.2) is 0 Å². The standard InChI is InChI=1S/C15H20F2O.C14H18O2.C6H10O/c1-3-5-11-15(16,17)14(4-2)18-12-13-9-7-6-8-10-13;1-2-3-4-8-11-14(15)16-12-13-9-6-5-7-10-13;1-5-2-3-6(7)4-5/h4,6-10,14H,2-3,5,11-12H2,1H3;2-3,5-7,9-10H,4,8,11-12H2,1H3;5H,2-4H2,1H3/b;3-2+;. The Morgan fingerprint density at radius 1 is 1.05 bits per heavy atom. The average Bonchev–Trinajstić information content (AvgIpc) is 3.37. The molecule has 2 unspecified atom stereocenters. The summed E-state index contributed by atoms with van der Waals surface area (Å²) in [6.45, 7) is 10.0. The molecular weight excluding hydrogens is 522 g/mol. The summed E-state index contributed by atoms with van der Waals surface area (Å²) in [6, 6.07) is 19.0. The van der Waals surface area contributed by atoms with Crippen molar-refractivity contribution in [3.63, 3.8) is 0 Å². The van der Waals surface area contributed by atoms with Crippen LogP contribution in [0.5, 0.6) is 0 Å². The van der Waals surface area contributed by atoms with Crippen LogP contribution in [0.1, 0.15) is 89.7 Å². The van der Waals surface area contributed by atoms with Crippen LogP contribution in [0.25, 0.3) is 0 Å². The maximum absolute atomic E-state index is 13.8. The largest absolute Gasteiger partial charge is 0.461 e. The van der Waals surface area contributed by atoms with Gasteiger partial charge < -0.3 is 9.47 Å². The second-order valence-corrected chi connectivity index (χ2v) is 10.3. The van der Waals surface area contributed by atoms with Crippen molar-refractivity contribution >= 4 is 11.8 Å². The Kier molecular flexibility index (Phi) is 18.9. The molecular formula is C35H48F2O4. The third-order valence-corrected chi connectivity index (χ3v) is 6.49. The van der Waals surface area contributed by atoms with Gasteiger partial charge in [0, 0.05) is 25.7 Å². The third kappa shape index (κ3) is 17.3. The zero-order chi connectivity index (χ0) is 30.3. The summed E-state index contributed by atoms with van der Waals surface area (Å²) in [6.07, 6.45) is 10.2. The van der Waals surface area contributed by atoms with Crippen molar-refractivity contribution in [3.8, 4) is 0 Å². The predicted octanol–water partition coefficient (Wildman–Crippen LogP) is 9.43. The highest BCUT2D eigenvalue weighted by Crippen LogP contribution is 2.29. The number of alkyl halides is 2. The topological polar surface area (TPSA) is 52.6 Å². The van der Waals surface area contributed by atoms with Crippen molar-refractivity contribution in [2.24, 2.45) is 5.92 Å². The molecule has 2 aromatic rings. The monoisotopic (exact) mass is 570 g/mol. The molecule has 0 radical (unpaired) electrons. The van der Waals surface area contributed by atoms with Crippen molar-refractivity contribution in [2.75, 3.05) is 0 Å². The van der Waals surface area contributed by atoms with Crippen molar-refractivity contribution in [1.29, 1.82) is 0 Å². The molecule has 2 atom stereocenters. The Bertz CT molecular complexity index is 1010. The molecule has 0 N–H and O–H groups in total. The number of carbonyl (C=O) groups is 2. The first-order valence-corrected chi connectivity index (χ1v) is 14.7. The molecule has 0 bridgehead atoms. The van der Waals surface area contributed by atoms with Gasteiger partial charge in [-0.25, -0.2) is 8.78 Å². The molecule has 0 heterocycles. The fourth-order valence-corrected chi connectivity index (χ4v) is 4.02. The van der Waals surface area contributed by atoms with Gasteiger partial charge in [-0.3, -0.25) is 9.59 Å². The summed E-state index contributed by atoms with van der Waals surface area (Å²) in [4.78, 5) is 21.8. The summed E-state index contributed by atoms with van der Waals surface area (Å²) in [5, 5.41) is 0. The first-order chi connectivity index (χ1) is 19.7. The molecule has 1 saturated carbocycles. The van der Waals surface area contributed by atoms with Gasteiger partial charge in [-0.05, 0) is 49.7 Å². The molecule has 0 aliphatic heterocycles. The van der Waals surface area contributed by atoms with Crippen LogP contribution in [-0.2, 0) is 32.3 Å². The molecule has 1 fully saturated rings. The lowest BCUT2D eigenvalue weighted by molar-refractivity contribution is -0.145. The number of ether oxygens (including phenoxy) is 2. The fraction of sp³-hybridized carbons (Fsp3) is 0.486. The van der Waals surface area contributed by atoms with Gasteiger partial charge in [0.05, 0.1) is 6.61 Å². The number of hydrogen-bond acceptors (Lipinski definition) is 4. The van der Waals surface area contributed by atoms with Crippen LogP contribution < -0.4 is 0 Å². The molecule has 1 aliphatic rings. The van der Waals surface area contributed by atoms with Crippen molar-refractivity contribution < 1.29 is 27.8 Å². The summed E-state index contributed by atoms with van der Waals surface area (Å²) >= 11 is 0. The van der Waals surface area contributed by atoms with Crippen LogP contribution in [0, 0.1) is 5.92 Å². The minimum atomic E-state index is -2.84. The number of unbranched alkanes of at least 4 members (excludes halogenated alkanes) is 2. The molecule has 1 aliphatic carbocycles. The van der Waals surface area contributed by atoms with Crippen LogP contribution in [-0.4, -0.2) is 23.8 Å². The van der Waals surface area contributed by atoms with E-state index in [1.807, 2.05) is 80.6 Å². The normalized spacial score (nSPS) is 15.3. The summed E-state index contributed by atoms with van der Waals surface area (Å²) in [7, 11) is 0. The van der Waals surface area contributed by atoms with Crippen LogP contribution in [0.15, 0.2) is 85.5 Å². The summed E-state index contributed by atoms with van der Waals surface area (Å²) in [5.74, 6) is -1.83. The number of halogens is 2. The van der Waals surface area contributed by atoms with E-state index in [2.05, 4.69) is 19.6 Å². The van der Waals surface area contributed by atoms with Gasteiger partial charge in [0.2, 0.25) is 0 Å². The molecule has 226 valence electrons. The molecule has 3 rings (SSSR count). The van der Waals surface area contributed by atoms with Gasteiger partial charge in [-0.2, -0.15) is 0 Å². The van der Waals surface area contributed by atoms with Crippen molar-refractivity contribution in [3.05, 3.63) is 96.6 Å². The first-order valence-electron chi connectivity index (χ1n) is 14.7. The maximum atomic E-state index is 13.8. The first kappa shape index (κ1) is 35.9. The van der Waals surface area contributed by atoms with E-state index in [1.165, 1.54) is 6.08 Å². The number of esters is 1. The molecule has 41 heavy (non-hydrogen) atoms. The summed E-state index contributed by atoms with van der Waals surface area (Å²) in [5.41, 5.74) is 1.92.